The van der Waals surface area contributed by atoms with E-state index in [2.05, 4.69) is 32.9 Å². The molecule has 1 rings (SSSR count). The molecule has 0 bridgehead atoms. The fourth-order valence-electron chi connectivity index (χ4n) is 1.74. The summed E-state index contributed by atoms with van der Waals surface area (Å²) in [5.41, 5.74) is 8.46. The van der Waals surface area contributed by atoms with Crippen molar-refractivity contribution in [1.82, 2.24) is 0 Å². The zero-order chi connectivity index (χ0) is 13.4. The maximum Gasteiger partial charge on any atom is 0.0701 e. The van der Waals surface area contributed by atoms with Gasteiger partial charge in [0.2, 0.25) is 0 Å². The van der Waals surface area contributed by atoms with E-state index in [9.17, 15) is 0 Å². The van der Waals surface area contributed by atoms with E-state index in [0.29, 0.717) is 25.7 Å². The van der Waals surface area contributed by atoms with Crippen molar-refractivity contribution in [2.75, 3.05) is 26.4 Å². The molecule has 0 fully saturated rings. The average molecular weight is 251 g/mol. The lowest BCUT2D eigenvalue weighted by molar-refractivity contribution is 0.0333. The largest absolute Gasteiger partial charge is 0.379 e. The molecule has 1 aromatic carbocycles. The Kier molecular flexibility index (Phi) is 6.94. The van der Waals surface area contributed by atoms with Gasteiger partial charge in [0.1, 0.15) is 0 Å². The molecule has 1 atom stereocenters. The summed E-state index contributed by atoms with van der Waals surface area (Å²) in [4.78, 5) is 0. The quantitative estimate of drug-likeness (QED) is 0.722. The van der Waals surface area contributed by atoms with Crippen molar-refractivity contribution in [2.24, 2.45) is 11.7 Å². The van der Waals surface area contributed by atoms with Crippen LogP contribution in [0.3, 0.4) is 0 Å². The topological polar surface area (TPSA) is 44.5 Å². The zero-order valence-electron chi connectivity index (χ0n) is 11.7. The maximum absolute atomic E-state index is 6.09. The summed E-state index contributed by atoms with van der Waals surface area (Å²) < 4.78 is 11.0. The molecule has 0 spiro atoms. The Hall–Kier alpha value is -0.900. The first-order valence-electron chi connectivity index (χ1n) is 6.58. The standard InChI is InChI=1S/C15H25NO2/c1-12(2)10-17-8-9-18-11-15(16)14-7-5-4-6-13(14)3/h4-7,12,15H,8-11,16H2,1-3H3. The van der Waals surface area contributed by atoms with Gasteiger partial charge in [0.05, 0.1) is 25.9 Å². The molecule has 0 aromatic heterocycles. The Bertz CT molecular complexity index is 339. The van der Waals surface area contributed by atoms with E-state index >= 15 is 0 Å². The first-order chi connectivity index (χ1) is 8.61. The summed E-state index contributed by atoms with van der Waals surface area (Å²) in [5, 5.41) is 0. The van der Waals surface area contributed by atoms with Crippen molar-refractivity contribution in [3.63, 3.8) is 0 Å². The predicted octanol–water partition coefficient (Wildman–Crippen LogP) is 2.68. The number of benzene rings is 1. The molecule has 0 saturated heterocycles. The molecule has 0 saturated carbocycles. The fourth-order valence-corrected chi connectivity index (χ4v) is 1.74. The van der Waals surface area contributed by atoms with Crippen LogP contribution in [0, 0.1) is 12.8 Å². The van der Waals surface area contributed by atoms with Crippen molar-refractivity contribution < 1.29 is 9.47 Å². The minimum Gasteiger partial charge on any atom is -0.379 e. The summed E-state index contributed by atoms with van der Waals surface area (Å²) in [6.07, 6.45) is 0. The monoisotopic (exact) mass is 251 g/mol. The molecule has 0 aliphatic carbocycles. The van der Waals surface area contributed by atoms with Crippen LogP contribution in [0.4, 0.5) is 0 Å². The van der Waals surface area contributed by atoms with Crippen LogP contribution < -0.4 is 5.73 Å². The third-order valence-electron chi connectivity index (χ3n) is 2.71. The van der Waals surface area contributed by atoms with Gasteiger partial charge in [-0.2, -0.15) is 0 Å². The summed E-state index contributed by atoms with van der Waals surface area (Å²) in [6, 6.07) is 8.09. The van der Waals surface area contributed by atoms with Crippen molar-refractivity contribution >= 4 is 0 Å². The second-order valence-corrected chi connectivity index (χ2v) is 5.01. The Labute approximate surface area is 110 Å². The minimum atomic E-state index is -0.0590. The van der Waals surface area contributed by atoms with Gasteiger partial charge in [-0.1, -0.05) is 38.1 Å². The highest BCUT2D eigenvalue weighted by Crippen LogP contribution is 2.15. The number of hydrogen-bond acceptors (Lipinski definition) is 3. The molecule has 102 valence electrons. The van der Waals surface area contributed by atoms with Crippen LogP contribution in [0.5, 0.6) is 0 Å². The smallest absolute Gasteiger partial charge is 0.0701 e. The fraction of sp³-hybridized carbons (Fsp3) is 0.600. The molecule has 0 radical (unpaired) electrons. The minimum absolute atomic E-state index is 0.0590. The van der Waals surface area contributed by atoms with Gasteiger partial charge in [-0.25, -0.2) is 0 Å². The van der Waals surface area contributed by atoms with Crippen molar-refractivity contribution in [3.05, 3.63) is 35.4 Å². The van der Waals surface area contributed by atoms with E-state index in [0.717, 1.165) is 12.2 Å². The molecular formula is C15H25NO2. The van der Waals surface area contributed by atoms with E-state index in [4.69, 9.17) is 15.2 Å². The van der Waals surface area contributed by atoms with Gasteiger partial charge in [0, 0.05) is 6.61 Å². The van der Waals surface area contributed by atoms with Crippen molar-refractivity contribution in [2.45, 2.75) is 26.8 Å². The van der Waals surface area contributed by atoms with Crippen molar-refractivity contribution in [3.8, 4) is 0 Å². The van der Waals surface area contributed by atoms with Gasteiger partial charge in [0.25, 0.3) is 0 Å². The van der Waals surface area contributed by atoms with Gasteiger partial charge < -0.3 is 15.2 Å². The molecule has 18 heavy (non-hydrogen) atoms. The van der Waals surface area contributed by atoms with Crippen LogP contribution in [-0.2, 0) is 9.47 Å². The third-order valence-corrected chi connectivity index (χ3v) is 2.71. The van der Waals surface area contributed by atoms with E-state index in [1.807, 2.05) is 12.1 Å². The van der Waals surface area contributed by atoms with E-state index in [1.165, 1.54) is 5.56 Å². The molecule has 0 aliphatic rings. The number of hydrogen-bond donors (Lipinski definition) is 1. The molecular weight excluding hydrogens is 226 g/mol. The number of rotatable bonds is 8. The molecule has 0 heterocycles. The Morgan fingerprint density at radius 3 is 2.28 bits per heavy atom. The summed E-state index contributed by atoms with van der Waals surface area (Å²) in [5.74, 6) is 0.569. The van der Waals surface area contributed by atoms with E-state index in [-0.39, 0.29) is 6.04 Å². The highest BCUT2D eigenvalue weighted by atomic mass is 16.5. The van der Waals surface area contributed by atoms with Crippen LogP contribution in [0.15, 0.2) is 24.3 Å². The van der Waals surface area contributed by atoms with Gasteiger partial charge in [-0.15, -0.1) is 0 Å². The third kappa shape index (κ3) is 5.63. The predicted molar refractivity (Wildman–Crippen MR) is 74.6 cm³/mol. The zero-order valence-corrected chi connectivity index (χ0v) is 11.7. The SMILES string of the molecule is Cc1ccccc1C(N)COCCOCC(C)C. The molecule has 1 aromatic rings. The summed E-state index contributed by atoms with van der Waals surface area (Å²) in [7, 11) is 0. The number of ether oxygens (including phenoxy) is 2. The molecule has 0 amide bonds. The van der Waals surface area contributed by atoms with Crippen LogP contribution in [0.2, 0.25) is 0 Å². The average Bonchev–Trinajstić information content (AvgIpc) is 2.33. The highest BCUT2D eigenvalue weighted by Gasteiger charge is 2.08. The maximum atomic E-state index is 6.09. The van der Waals surface area contributed by atoms with Crippen molar-refractivity contribution in [1.29, 1.82) is 0 Å². The molecule has 0 aliphatic heterocycles. The van der Waals surface area contributed by atoms with Crippen LogP contribution in [-0.4, -0.2) is 26.4 Å². The second kappa shape index (κ2) is 8.25. The second-order valence-electron chi connectivity index (χ2n) is 5.01. The Balaban J connectivity index is 2.18. The summed E-state index contributed by atoms with van der Waals surface area (Å²) >= 11 is 0. The molecule has 1 unspecified atom stereocenters. The molecule has 2 N–H and O–H groups in total. The van der Waals surface area contributed by atoms with E-state index < -0.39 is 0 Å². The number of nitrogens with two attached hydrogens (primary N) is 1. The number of aryl methyl sites for hydroxylation is 1. The first-order valence-corrected chi connectivity index (χ1v) is 6.58. The van der Waals surface area contributed by atoms with Gasteiger partial charge in [-0.05, 0) is 24.0 Å². The van der Waals surface area contributed by atoms with Gasteiger partial charge >= 0.3 is 0 Å². The van der Waals surface area contributed by atoms with Crippen LogP contribution in [0.25, 0.3) is 0 Å². The lowest BCUT2D eigenvalue weighted by Gasteiger charge is -2.15. The molecule has 3 heteroatoms. The van der Waals surface area contributed by atoms with Gasteiger partial charge in [0.15, 0.2) is 0 Å². The van der Waals surface area contributed by atoms with Crippen LogP contribution in [0.1, 0.15) is 31.0 Å². The van der Waals surface area contributed by atoms with E-state index in [1.54, 1.807) is 0 Å². The lowest BCUT2D eigenvalue weighted by Crippen LogP contribution is -2.19. The first kappa shape index (κ1) is 15.2. The Morgan fingerprint density at radius 2 is 1.67 bits per heavy atom. The summed E-state index contributed by atoms with van der Waals surface area (Å²) in [6.45, 7) is 8.90. The van der Waals surface area contributed by atoms with Crippen LogP contribution >= 0.6 is 0 Å². The lowest BCUT2D eigenvalue weighted by atomic mass is 10.0. The normalized spacial score (nSPS) is 12.9. The highest BCUT2D eigenvalue weighted by molar-refractivity contribution is 5.28. The van der Waals surface area contributed by atoms with Gasteiger partial charge in [-0.3, -0.25) is 0 Å². The Morgan fingerprint density at radius 1 is 1.06 bits per heavy atom. The molecule has 3 nitrogen and oxygen atoms in total.